The molecule has 2 heterocycles. The van der Waals surface area contributed by atoms with Crippen LogP contribution in [0, 0.1) is 0 Å². The fourth-order valence-corrected chi connectivity index (χ4v) is 6.47. The van der Waals surface area contributed by atoms with Crippen molar-refractivity contribution in [3.05, 3.63) is 35.9 Å². The third-order valence-electron chi connectivity index (χ3n) is 5.65. The average molecular weight is 529 g/mol. The second-order valence-corrected chi connectivity index (χ2v) is 11.9. The van der Waals surface area contributed by atoms with Crippen molar-refractivity contribution in [3.63, 3.8) is 0 Å². The first-order chi connectivity index (χ1) is 14.7. The van der Waals surface area contributed by atoms with E-state index < -0.39 is 55.9 Å². The zero-order valence-electron chi connectivity index (χ0n) is 18.0. The topological polar surface area (TPSA) is 133 Å². The number of carbonyl (C=O) groups excluding carboxylic acids is 3. The van der Waals surface area contributed by atoms with Crippen LogP contribution in [0.2, 0.25) is 0 Å². The first-order valence-corrected chi connectivity index (χ1v) is 11.5. The molecule has 2 aliphatic heterocycles. The molecule has 3 N–H and O–H groups in total. The van der Waals surface area contributed by atoms with Gasteiger partial charge in [-0.15, -0.1) is 11.8 Å². The van der Waals surface area contributed by atoms with Crippen LogP contribution in [-0.2, 0) is 25.7 Å². The number of halogens is 1. The molecule has 1 aromatic carbocycles. The highest BCUT2D eigenvalue weighted by Crippen LogP contribution is 2.59. The second-order valence-electron chi connectivity index (χ2n) is 8.87. The number of aliphatic carboxylic acids is 1. The molecule has 2 fully saturated rings. The Morgan fingerprint density at radius 1 is 1.28 bits per heavy atom. The highest BCUT2D eigenvalue weighted by Gasteiger charge is 2.74. The van der Waals surface area contributed by atoms with Gasteiger partial charge in [0.05, 0.1) is 5.54 Å². The number of carboxylic acids is 1. The molecule has 4 atom stereocenters. The third-order valence-corrected chi connectivity index (χ3v) is 8.81. The third kappa shape index (κ3) is 4.01. The number of alkyl halides is 1. The van der Waals surface area contributed by atoms with Crippen LogP contribution in [0.4, 0.5) is 4.79 Å². The number of aliphatic hydroxyl groups is 1. The van der Waals surface area contributed by atoms with Crippen LogP contribution in [0.25, 0.3) is 0 Å². The molecule has 32 heavy (non-hydrogen) atoms. The molecular weight excluding hydrogens is 504 g/mol. The Morgan fingerprint density at radius 3 is 2.44 bits per heavy atom. The number of aliphatic hydroxyl groups excluding tert-OH is 1. The smallest absolute Gasteiger partial charge is 0.408 e. The van der Waals surface area contributed by atoms with Crippen LogP contribution in [0.1, 0.15) is 33.3 Å². The number of ether oxygens (including phenoxy) is 1. The van der Waals surface area contributed by atoms with Crippen molar-refractivity contribution in [2.24, 2.45) is 0 Å². The number of nitrogens with zero attached hydrogens (tertiary/aromatic N) is 1. The molecule has 2 saturated heterocycles. The summed E-state index contributed by atoms with van der Waals surface area (Å²) in [5, 5.41) is 22.1. The lowest BCUT2D eigenvalue weighted by molar-refractivity contribution is -0.167. The molecular formula is C21H25BrN2O7S. The highest BCUT2D eigenvalue weighted by molar-refractivity contribution is 9.10. The van der Waals surface area contributed by atoms with Crippen LogP contribution < -0.4 is 5.32 Å². The molecule has 2 unspecified atom stereocenters. The van der Waals surface area contributed by atoms with Crippen LogP contribution in [0.5, 0.6) is 0 Å². The summed E-state index contributed by atoms with van der Waals surface area (Å²) >= 11 is 4.43. The first-order valence-electron chi connectivity index (χ1n) is 9.87. The molecule has 0 spiro atoms. The fourth-order valence-electron chi connectivity index (χ4n) is 3.91. The van der Waals surface area contributed by atoms with Crippen molar-refractivity contribution in [1.82, 2.24) is 10.2 Å². The SMILES string of the molecule is CC(C)(NC(=O)OCc1ccccc1)C(=O)C(O)C1(Br)C(=O)N2[C@@H](C(=O)O)C(C)(C)S[C@@H]21. The predicted octanol–water partition coefficient (Wildman–Crippen LogP) is 1.90. The molecule has 0 bridgehead atoms. The summed E-state index contributed by atoms with van der Waals surface area (Å²) in [6.45, 7) is 6.17. The molecule has 0 aliphatic carbocycles. The Bertz CT molecular complexity index is 955. The van der Waals surface area contributed by atoms with E-state index in [1.54, 1.807) is 38.1 Å². The summed E-state index contributed by atoms with van der Waals surface area (Å²) in [7, 11) is 0. The van der Waals surface area contributed by atoms with Crippen molar-refractivity contribution in [2.45, 2.75) is 66.4 Å². The average Bonchev–Trinajstić information content (AvgIpc) is 3.00. The van der Waals surface area contributed by atoms with Crippen LogP contribution in [0.3, 0.4) is 0 Å². The number of fused-ring (bicyclic) bond motifs is 1. The molecule has 0 radical (unpaired) electrons. The Balaban J connectivity index is 1.69. The second kappa shape index (κ2) is 8.35. The van der Waals surface area contributed by atoms with Crippen molar-refractivity contribution in [3.8, 4) is 0 Å². The fraction of sp³-hybridized carbons (Fsp3) is 0.524. The van der Waals surface area contributed by atoms with Crippen LogP contribution >= 0.6 is 27.7 Å². The van der Waals surface area contributed by atoms with Gasteiger partial charge < -0.3 is 25.2 Å². The number of alkyl carbamates (subject to hydrolysis) is 1. The Kier molecular flexibility index (Phi) is 6.40. The number of carbonyl (C=O) groups is 4. The van der Waals surface area contributed by atoms with Crippen molar-refractivity contribution < 1.29 is 34.1 Å². The summed E-state index contributed by atoms with van der Waals surface area (Å²) in [6, 6.07) is 7.89. The molecule has 11 heteroatoms. The first kappa shape index (κ1) is 24.5. The van der Waals surface area contributed by atoms with Gasteiger partial charge in [-0.05, 0) is 33.3 Å². The van der Waals surface area contributed by atoms with Gasteiger partial charge in [0.1, 0.15) is 24.1 Å². The maximum Gasteiger partial charge on any atom is 0.408 e. The van der Waals surface area contributed by atoms with Crippen molar-refractivity contribution in [2.75, 3.05) is 0 Å². The molecule has 0 saturated carbocycles. The number of Topliss-reactive ketones (excluding diaryl/α,β-unsaturated/α-hetero) is 1. The number of thioether (sulfide) groups is 1. The van der Waals surface area contributed by atoms with E-state index >= 15 is 0 Å². The summed E-state index contributed by atoms with van der Waals surface area (Å²) in [5.74, 6) is -2.65. The normalized spacial score (nSPS) is 27.2. The number of β-lactam (4-membered cyclic amide) rings is 1. The number of rotatable bonds is 7. The number of ketones is 1. The minimum Gasteiger partial charge on any atom is -0.480 e. The Hall–Kier alpha value is -2.11. The van der Waals surface area contributed by atoms with Gasteiger partial charge in [-0.1, -0.05) is 46.3 Å². The van der Waals surface area contributed by atoms with Gasteiger partial charge in [0, 0.05) is 4.75 Å². The molecule has 174 valence electrons. The van der Waals surface area contributed by atoms with Gasteiger partial charge in [0.25, 0.3) is 0 Å². The van der Waals surface area contributed by atoms with E-state index in [0.29, 0.717) is 0 Å². The van der Waals surface area contributed by atoms with Crippen LogP contribution in [0.15, 0.2) is 30.3 Å². The molecule has 3 rings (SSSR count). The van der Waals surface area contributed by atoms with E-state index in [0.717, 1.165) is 5.56 Å². The van der Waals surface area contributed by atoms with Gasteiger partial charge >= 0.3 is 12.1 Å². The van der Waals surface area contributed by atoms with E-state index in [1.165, 1.54) is 30.5 Å². The quantitative estimate of drug-likeness (QED) is 0.361. The number of hydrogen-bond donors (Lipinski definition) is 3. The molecule has 2 amide bonds. The highest BCUT2D eigenvalue weighted by atomic mass is 79.9. The van der Waals surface area contributed by atoms with Crippen molar-refractivity contribution in [1.29, 1.82) is 0 Å². The zero-order valence-corrected chi connectivity index (χ0v) is 20.4. The van der Waals surface area contributed by atoms with E-state index in [9.17, 15) is 29.4 Å². The van der Waals surface area contributed by atoms with E-state index in [2.05, 4.69) is 21.2 Å². The molecule has 1 aromatic rings. The lowest BCUT2D eigenvalue weighted by Gasteiger charge is -2.52. The lowest BCUT2D eigenvalue weighted by atomic mass is 9.81. The minimum atomic E-state index is -1.82. The van der Waals surface area contributed by atoms with E-state index in [-0.39, 0.29) is 6.61 Å². The maximum atomic E-state index is 13.1. The monoisotopic (exact) mass is 528 g/mol. The Labute approximate surface area is 198 Å². The summed E-state index contributed by atoms with van der Waals surface area (Å²) in [6.07, 6.45) is -2.68. The number of carboxylic acid groups (broad SMARTS) is 1. The van der Waals surface area contributed by atoms with Gasteiger partial charge in [0.15, 0.2) is 10.1 Å². The van der Waals surface area contributed by atoms with Gasteiger partial charge in [0.2, 0.25) is 5.91 Å². The van der Waals surface area contributed by atoms with Crippen molar-refractivity contribution >= 4 is 51.4 Å². The predicted molar refractivity (Wildman–Crippen MR) is 120 cm³/mol. The van der Waals surface area contributed by atoms with Gasteiger partial charge in [-0.3, -0.25) is 9.59 Å². The van der Waals surface area contributed by atoms with E-state index in [4.69, 9.17) is 4.74 Å². The molecule has 2 aliphatic rings. The van der Waals surface area contributed by atoms with Gasteiger partial charge in [-0.2, -0.15) is 0 Å². The summed E-state index contributed by atoms with van der Waals surface area (Å²) in [4.78, 5) is 51.1. The lowest BCUT2D eigenvalue weighted by Crippen LogP contribution is -2.77. The number of benzene rings is 1. The molecule has 0 aromatic heterocycles. The standard InChI is InChI=1S/C21H25BrN2O7S/c1-19(2,23-18(30)31-10-11-8-6-5-7-9-11)13(25)14(26)21(22)16(29)24-12(15(27)28)20(3,4)32-17(21)24/h5-9,12,14,17,26H,10H2,1-4H3,(H,23,30)(H,27,28)/t12-,14?,17+,21?/m0/s1. The van der Waals surface area contributed by atoms with Gasteiger partial charge in [-0.25, -0.2) is 9.59 Å². The number of nitrogens with one attached hydrogen (secondary N) is 1. The Morgan fingerprint density at radius 2 is 1.88 bits per heavy atom. The van der Waals surface area contributed by atoms with Crippen LogP contribution in [-0.4, -0.2) is 71.0 Å². The maximum absolute atomic E-state index is 13.1. The minimum absolute atomic E-state index is 0.000299. The largest absolute Gasteiger partial charge is 0.480 e. The van der Waals surface area contributed by atoms with E-state index in [1.807, 2.05) is 6.07 Å². The summed E-state index contributed by atoms with van der Waals surface area (Å²) in [5.41, 5.74) is -0.792. The number of amides is 2. The zero-order chi connectivity index (χ0) is 24.1. The number of hydrogen-bond acceptors (Lipinski definition) is 7. The molecule has 9 nitrogen and oxygen atoms in total. The summed E-state index contributed by atoms with van der Waals surface area (Å²) < 4.78 is 2.63.